The number of benzene rings is 1. The third-order valence-corrected chi connectivity index (χ3v) is 5.18. The molecule has 1 atom stereocenters. The number of aliphatic carboxylic acids is 1. The molecule has 4 N–H and O–H groups in total. The van der Waals surface area contributed by atoms with Crippen LogP contribution in [0.25, 0.3) is 0 Å². The quantitative estimate of drug-likeness (QED) is 0.118. The SMILES string of the molecule is CCCCCCCCCCCCCCC(Oc1ccccc1OCCC)C(=O)O.O=P(O)(O)O.[H-].[K+]. The van der Waals surface area contributed by atoms with Crippen LogP contribution in [0.5, 0.6) is 11.5 Å². The first kappa shape index (κ1) is 37.2. The van der Waals surface area contributed by atoms with Gasteiger partial charge < -0.3 is 30.7 Å². The predicted molar refractivity (Wildman–Crippen MR) is 135 cm³/mol. The Morgan fingerprint density at radius 3 is 1.69 bits per heavy atom. The number of ether oxygens (including phenoxy) is 2. The van der Waals surface area contributed by atoms with Crippen molar-refractivity contribution in [2.24, 2.45) is 0 Å². The van der Waals surface area contributed by atoms with E-state index in [1.807, 2.05) is 25.1 Å². The van der Waals surface area contributed by atoms with Crippen LogP contribution >= 0.6 is 7.82 Å². The summed E-state index contributed by atoms with van der Waals surface area (Å²) >= 11 is 0. The average Bonchev–Trinajstić information content (AvgIpc) is 2.77. The molecule has 0 heterocycles. The average molecular weight is 545 g/mol. The van der Waals surface area contributed by atoms with Crippen LogP contribution in [-0.4, -0.2) is 38.5 Å². The Kier molecular flexibility index (Phi) is 25.9. The summed E-state index contributed by atoms with van der Waals surface area (Å²) in [6.45, 7) is 4.89. The van der Waals surface area contributed by atoms with Gasteiger partial charge in [-0.05, 0) is 31.4 Å². The van der Waals surface area contributed by atoms with Crippen molar-refractivity contribution in [3.05, 3.63) is 24.3 Å². The van der Waals surface area contributed by atoms with Crippen molar-refractivity contribution in [1.82, 2.24) is 0 Å². The maximum atomic E-state index is 11.6. The van der Waals surface area contributed by atoms with Crippen LogP contribution in [0.2, 0.25) is 0 Å². The van der Waals surface area contributed by atoms with Crippen LogP contribution < -0.4 is 60.9 Å². The molecule has 0 saturated carbocycles. The second-order valence-corrected chi connectivity index (χ2v) is 9.46. The fourth-order valence-corrected chi connectivity index (χ4v) is 3.44. The topological polar surface area (TPSA) is 134 Å². The van der Waals surface area contributed by atoms with Crippen LogP contribution in [0.1, 0.15) is 105 Å². The van der Waals surface area contributed by atoms with E-state index >= 15 is 0 Å². The number of hydrogen-bond donors (Lipinski definition) is 4. The molecular formula is C25H46KO8P. The molecule has 1 unspecified atom stereocenters. The van der Waals surface area contributed by atoms with E-state index in [4.69, 9.17) is 28.7 Å². The van der Waals surface area contributed by atoms with E-state index in [0.29, 0.717) is 24.5 Å². The van der Waals surface area contributed by atoms with Gasteiger partial charge in [0.2, 0.25) is 0 Å². The number of rotatable bonds is 19. The number of phosphoric acid groups is 1. The third kappa shape index (κ3) is 25.5. The molecule has 0 radical (unpaired) electrons. The number of hydrogen-bond acceptors (Lipinski definition) is 4. The zero-order valence-corrected chi connectivity index (χ0v) is 25.9. The summed E-state index contributed by atoms with van der Waals surface area (Å²) in [5.74, 6) is 0.237. The molecular weight excluding hydrogens is 498 g/mol. The minimum atomic E-state index is -4.64. The summed E-state index contributed by atoms with van der Waals surface area (Å²) < 4.78 is 20.3. The van der Waals surface area contributed by atoms with E-state index in [-0.39, 0.29) is 52.8 Å². The van der Waals surface area contributed by atoms with Crippen molar-refractivity contribution < 1.29 is 91.4 Å². The summed E-state index contributed by atoms with van der Waals surface area (Å²) in [5.41, 5.74) is 0. The molecule has 0 aliphatic heterocycles. The Labute approximate surface area is 255 Å². The summed E-state index contributed by atoms with van der Waals surface area (Å²) in [6, 6.07) is 7.33. The largest absolute Gasteiger partial charge is 1.00 e. The number of unbranched alkanes of at least 4 members (excludes halogenated alkanes) is 11. The predicted octanol–water partition coefficient (Wildman–Crippen LogP) is 3.59. The van der Waals surface area contributed by atoms with Crippen molar-refractivity contribution in [2.45, 2.75) is 110 Å². The Balaban J connectivity index is -0.00000141. The first-order chi connectivity index (χ1) is 16.2. The minimum Gasteiger partial charge on any atom is -1.00 e. The summed E-state index contributed by atoms with van der Waals surface area (Å²) in [5, 5.41) is 9.51. The van der Waals surface area contributed by atoms with Crippen molar-refractivity contribution >= 4 is 13.8 Å². The first-order valence-corrected chi connectivity index (χ1v) is 14.1. The summed E-state index contributed by atoms with van der Waals surface area (Å²) in [6.07, 6.45) is 15.8. The first-order valence-electron chi connectivity index (χ1n) is 12.6. The standard InChI is InChI=1S/C25H42O4.K.H3O4P.H/c1-3-5-6-7-8-9-10-11-12-13-14-15-20-24(25(26)27)29-23-19-17-16-18-22(23)28-21-4-2;;1-5(2,3)4;/h16-19,24H,3-15,20-21H2,1-2H3,(H,26,27);;(H3,1,2,3,4);/q;+1;;-1. The molecule has 1 rings (SSSR count). The fourth-order valence-electron chi connectivity index (χ4n) is 3.44. The van der Waals surface area contributed by atoms with E-state index in [1.165, 1.54) is 64.2 Å². The van der Waals surface area contributed by atoms with Crippen LogP contribution in [0.3, 0.4) is 0 Å². The van der Waals surface area contributed by atoms with Crippen molar-refractivity contribution in [2.75, 3.05) is 6.61 Å². The van der Waals surface area contributed by atoms with E-state index in [9.17, 15) is 9.90 Å². The van der Waals surface area contributed by atoms with Gasteiger partial charge in [-0.2, -0.15) is 0 Å². The molecule has 0 amide bonds. The van der Waals surface area contributed by atoms with E-state index in [0.717, 1.165) is 19.3 Å². The van der Waals surface area contributed by atoms with Gasteiger partial charge in [0.05, 0.1) is 6.61 Å². The normalized spacial score (nSPS) is 11.6. The zero-order chi connectivity index (χ0) is 25.7. The summed E-state index contributed by atoms with van der Waals surface area (Å²) in [7, 11) is -4.64. The van der Waals surface area contributed by atoms with Gasteiger partial charge in [-0.3, -0.25) is 0 Å². The van der Waals surface area contributed by atoms with Crippen molar-refractivity contribution in [1.29, 1.82) is 0 Å². The number of carboxylic acids is 1. The molecule has 0 spiro atoms. The Morgan fingerprint density at radius 2 is 1.26 bits per heavy atom. The molecule has 0 saturated heterocycles. The van der Waals surface area contributed by atoms with Gasteiger partial charge in [0.1, 0.15) is 0 Å². The molecule has 1 aromatic carbocycles. The zero-order valence-electron chi connectivity index (χ0n) is 22.9. The second kappa shape index (κ2) is 24.4. The Bertz CT molecular complexity index is 682. The van der Waals surface area contributed by atoms with Gasteiger partial charge in [0, 0.05) is 0 Å². The summed E-state index contributed by atoms with van der Waals surface area (Å²) in [4.78, 5) is 33.2. The van der Waals surface area contributed by atoms with Crippen molar-refractivity contribution in [3.8, 4) is 11.5 Å². The molecule has 35 heavy (non-hydrogen) atoms. The number of carboxylic acid groups (broad SMARTS) is 1. The minimum absolute atomic E-state index is 0. The molecule has 0 bridgehead atoms. The van der Waals surface area contributed by atoms with Crippen LogP contribution in [-0.2, 0) is 9.36 Å². The fraction of sp³-hybridized carbons (Fsp3) is 0.720. The van der Waals surface area contributed by atoms with Crippen molar-refractivity contribution in [3.63, 3.8) is 0 Å². The molecule has 0 aliphatic rings. The second-order valence-electron chi connectivity index (χ2n) is 8.43. The molecule has 0 fully saturated rings. The third-order valence-electron chi connectivity index (χ3n) is 5.18. The number of para-hydroxylation sites is 2. The Morgan fingerprint density at radius 1 is 0.829 bits per heavy atom. The Hall–Kier alpha value is 0.0364. The van der Waals surface area contributed by atoms with Crippen LogP contribution in [0.15, 0.2) is 24.3 Å². The molecule has 1 aromatic rings. The monoisotopic (exact) mass is 544 g/mol. The molecule has 10 heteroatoms. The molecule has 8 nitrogen and oxygen atoms in total. The smallest absolute Gasteiger partial charge is 1.00 e. The van der Waals surface area contributed by atoms with E-state index in [2.05, 4.69) is 6.92 Å². The van der Waals surface area contributed by atoms with Gasteiger partial charge in [0.15, 0.2) is 17.6 Å². The molecule has 0 aromatic heterocycles. The van der Waals surface area contributed by atoms with Gasteiger partial charge >= 0.3 is 65.2 Å². The van der Waals surface area contributed by atoms with Gasteiger partial charge in [-0.1, -0.05) is 96.6 Å². The van der Waals surface area contributed by atoms with Gasteiger partial charge in [0.25, 0.3) is 0 Å². The molecule has 200 valence electrons. The van der Waals surface area contributed by atoms with Gasteiger partial charge in [-0.25, -0.2) is 9.36 Å². The number of carbonyl (C=O) groups is 1. The maximum Gasteiger partial charge on any atom is 1.00 e. The van der Waals surface area contributed by atoms with Crippen LogP contribution in [0.4, 0.5) is 0 Å². The van der Waals surface area contributed by atoms with Gasteiger partial charge in [-0.15, -0.1) is 0 Å². The van der Waals surface area contributed by atoms with E-state index < -0.39 is 19.9 Å². The van der Waals surface area contributed by atoms with Crippen LogP contribution in [0, 0.1) is 0 Å². The van der Waals surface area contributed by atoms with E-state index in [1.54, 1.807) is 6.07 Å². The molecule has 0 aliphatic carbocycles. The maximum absolute atomic E-state index is 11.6.